The van der Waals surface area contributed by atoms with Crippen LogP contribution < -0.4 is 14.2 Å². The molecule has 0 saturated heterocycles. The van der Waals surface area contributed by atoms with Crippen LogP contribution in [0.2, 0.25) is 0 Å². The molecule has 2 aromatic heterocycles. The molecule has 0 spiro atoms. The molecule has 0 fully saturated rings. The summed E-state index contributed by atoms with van der Waals surface area (Å²) in [5.74, 6) is 0.693. The van der Waals surface area contributed by atoms with E-state index in [4.69, 9.17) is 9.47 Å². The van der Waals surface area contributed by atoms with Crippen molar-refractivity contribution in [1.29, 1.82) is 0 Å². The van der Waals surface area contributed by atoms with Crippen LogP contribution in [-0.2, 0) is 10.0 Å². The Morgan fingerprint density at radius 1 is 0.914 bits per heavy atom. The second kappa shape index (κ2) is 11.2. The summed E-state index contributed by atoms with van der Waals surface area (Å²) < 4.78 is 39.5. The van der Waals surface area contributed by atoms with E-state index in [2.05, 4.69) is 24.7 Å². The lowest BCUT2D eigenvalue weighted by Gasteiger charge is -2.15. The summed E-state index contributed by atoms with van der Waals surface area (Å²) in [4.78, 5) is 16.4. The Morgan fingerprint density at radius 3 is 2.43 bits per heavy atom. The van der Waals surface area contributed by atoms with Gasteiger partial charge in [-0.3, -0.25) is 9.71 Å². The van der Waals surface area contributed by atoms with Crippen molar-refractivity contribution in [2.75, 3.05) is 17.9 Å². The molecular formula is C25H23N5O4S. The molecule has 4 aromatic rings. The summed E-state index contributed by atoms with van der Waals surface area (Å²) in [6.45, 7) is 2.30. The van der Waals surface area contributed by atoms with Crippen LogP contribution in [0.3, 0.4) is 0 Å². The molecule has 4 rings (SSSR count). The van der Waals surface area contributed by atoms with Gasteiger partial charge < -0.3 is 9.47 Å². The number of aryl methyl sites for hydroxylation is 1. The maximum Gasteiger partial charge on any atom is 0.256 e. The molecular weight excluding hydrogens is 466 g/mol. The van der Waals surface area contributed by atoms with Crippen molar-refractivity contribution in [3.05, 3.63) is 96.1 Å². The molecule has 35 heavy (non-hydrogen) atoms. The molecule has 2 heterocycles. The number of sulfonamides is 1. The van der Waals surface area contributed by atoms with Gasteiger partial charge in [0.05, 0.1) is 17.2 Å². The zero-order chi connectivity index (χ0) is 24.5. The SMILES string of the molecule is Cc1ccc(-c2c(NS(=O)(=O)C=Cc3ccccc3)ncnc2OCCOc2cnccn2)cc1. The molecule has 0 bridgehead atoms. The van der Waals surface area contributed by atoms with Gasteiger partial charge in [-0.05, 0) is 24.1 Å². The van der Waals surface area contributed by atoms with Gasteiger partial charge in [0.15, 0.2) is 5.82 Å². The average Bonchev–Trinajstić information content (AvgIpc) is 2.87. The van der Waals surface area contributed by atoms with Gasteiger partial charge in [0.1, 0.15) is 19.5 Å². The van der Waals surface area contributed by atoms with Crippen molar-refractivity contribution in [2.45, 2.75) is 6.92 Å². The van der Waals surface area contributed by atoms with Crippen molar-refractivity contribution in [3.8, 4) is 22.9 Å². The Labute approximate surface area is 203 Å². The van der Waals surface area contributed by atoms with Crippen LogP contribution in [0.1, 0.15) is 11.1 Å². The fraction of sp³-hybridized carbons (Fsp3) is 0.120. The zero-order valence-corrected chi connectivity index (χ0v) is 19.7. The molecule has 0 aliphatic rings. The van der Waals surface area contributed by atoms with Crippen LogP contribution >= 0.6 is 0 Å². The fourth-order valence-corrected chi connectivity index (χ4v) is 3.91. The Kier molecular flexibility index (Phi) is 7.63. The lowest BCUT2D eigenvalue weighted by Crippen LogP contribution is -2.14. The first kappa shape index (κ1) is 23.8. The van der Waals surface area contributed by atoms with Crippen LogP contribution in [0.5, 0.6) is 11.8 Å². The topological polar surface area (TPSA) is 116 Å². The highest BCUT2D eigenvalue weighted by Crippen LogP contribution is 2.34. The van der Waals surface area contributed by atoms with Crippen molar-refractivity contribution >= 4 is 21.9 Å². The first-order valence-electron chi connectivity index (χ1n) is 10.7. The first-order chi connectivity index (χ1) is 17.0. The van der Waals surface area contributed by atoms with E-state index in [0.717, 1.165) is 16.5 Å². The molecule has 0 aliphatic carbocycles. The molecule has 0 aliphatic heterocycles. The standard InChI is InChI=1S/C25H23N5O4S/c1-19-7-9-21(10-8-19)23-24(30-35(31,32)16-11-20-5-3-2-4-6-20)28-18-29-25(23)34-15-14-33-22-17-26-12-13-27-22/h2-13,16-18H,14-15H2,1H3,(H,28,29,30). The first-order valence-corrected chi connectivity index (χ1v) is 12.2. The van der Waals surface area contributed by atoms with Crippen LogP contribution in [-0.4, -0.2) is 41.6 Å². The highest BCUT2D eigenvalue weighted by Gasteiger charge is 2.19. The predicted octanol–water partition coefficient (Wildman–Crippen LogP) is 4.11. The highest BCUT2D eigenvalue weighted by atomic mass is 32.2. The summed E-state index contributed by atoms with van der Waals surface area (Å²) in [6, 6.07) is 16.7. The van der Waals surface area contributed by atoms with E-state index in [0.29, 0.717) is 17.0 Å². The van der Waals surface area contributed by atoms with Crippen LogP contribution in [0, 0.1) is 6.92 Å². The van der Waals surface area contributed by atoms with Gasteiger partial charge in [-0.1, -0.05) is 60.2 Å². The maximum absolute atomic E-state index is 12.8. The quantitative estimate of drug-likeness (QED) is 0.331. The van der Waals surface area contributed by atoms with E-state index in [1.54, 1.807) is 6.20 Å². The van der Waals surface area contributed by atoms with Gasteiger partial charge in [-0.2, -0.15) is 0 Å². The molecule has 0 unspecified atom stereocenters. The van der Waals surface area contributed by atoms with E-state index in [-0.39, 0.29) is 24.9 Å². The fourth-order valence-electron chi connectivity index (χ4n) is 3.08. The number of nitrogens with zero attached hydrogens (tertiary/aromatic N) is 4. The van der Waals surface area contributed by atoms with Crippen molar-refractivity contribution in [3.63, 3.8) is 0 Å². The molecule has 10 heteroatoms. The van der Waals surface area contributed by atoms with E-state index in [1.807, 2.05) is 61.5 Å². The molecule has 0 amide bonds. The summed E-state index contributed by atoms with van der Waals surface area (Å²) in [6.07, 6.45) is 7.33. The second-order valence-electron chi connectivity index (χ2n) is 7.37. The molecule has 9 nitrogen and oxygen atoms in total. The third kappa shape index (κ3) is 6.84. The third-order valence-corrected chi connectivity index (χ3v) is 5.71. The summed E-state index contributed by atoms with van der Waals surface area (Å²) in [5.41, 5.74) is 2.93. The minimum Gasteiger partial charge on any atom is -0.473 e. The largest absolute Gasteiger partial charge is 0.473 e. The number of benzene rings is 2. The predicted molar refractivity (Wildman–Crippen MR) is 133 cm³/mol. The van der Waals surface area contributed by atoms with E-state index in [1.165, 1.54) is 24.8 Å². The number of ether oxygens (including phenoxy) is 2. The van der Waals surface area contributed by atoms with Crippen LogP contribution in [0.4, 0.5) is 5.82 Å². The van der Waals surface area contributed by atoms with Gasteiger partial charge in [0.25, 0.3) is 10.0 Å². The second-order valence-corrected chi connectivity index (χ2v) is 8.94. The number of anilines is 1. The Morgan fingerprint density at radius 2 is 1.69 bits per heavy atom. The monoisotopic (exact) mass is 489 g/mol. The Balaban J connectivity index is 1.57. The average molecular weight is 490 g/mol. The van der Waals surface area contributed by atoms with E-state index < -0.39 is 10.0 Å². The smallest absolute Gasteiger partial charge is 0.256 e. The maximum atomic E-state index is 12.8. The Hall–Kier alpha value is -4.31. The number of aromatic nitrogens is 4. The minimum absolute atomic E-state index is 0.103. The molecule has 1 N–H and O–H groups in total. The van der Waals surface area contributed by atoms with Gasteiger partial charge in [0.2, 0.25) is 11.8 Å². The number of rotatable bonds is 10. The summed E-state index contributed by atoms with van der Waals surface area (Å²) in [5, 5.41) is 1.10. The molecule has 0 saturated carbocycles. The summed E-state index contributed by atoms with van der Waals surface area (Å²) >= 11 is 0. The third-order valence-electron chi connectivity index (χ3n) is 4.74. The molecule has 2 aromatic carbocycles. The molecule has 178 valence electrons. The van der Waals surface area contributed by atoms with E-state index >= 15 is 0 Å². The van der Waals surface area contributed by atoms with Crippen molar-refractivity contribution in [1.82, 2.24) is 19.9 Å². The van der Waals surface area contributed by atoms with Gasteiger partial charge in [-0.25, -0.2) is 23.4 Å². The van der Waals surface area contributed by atoms with Gasteiger partial charge in [0, 0.05) is 12.4 Å². The molecule has 0 radical (unpaired) electrons. The van der Waals surface area contributed by atoms with Crippen molar-refractivity contribution < 1.29 is 17.9 Å². The number of hydrogen-bond donors (Lipinski definition) is 1. The number of hydrogen-bond acceptors (Lipinski definition) is 8. The zero-order valence-electron chi connectivity index (χ0n) is 18.9. The van der Waals surface area contributed by atoms with Crippen LogP contribution in [0.25, 0.3) is 17.2 Å². The van der Waals surface area contributed by atoms with E-state index in [9.17, 15) is 8.42 Å². The lowest BCUT2D eigenvalue weighted by molar-refractivity contribution is 0.207. The number of nitrogens with one attached hydrogen (secondary N) is 1. The minimum atomic E-state index is -3.87. The highest BCUT2D eigenvalue weighted by molar-refractivity contribution is 7.95. The normalized spacial score (nSPS) is 11.3. The van der Waals surface area contributed by atoms with Gasteiger partial charge >= 0.3 is 0 Å². The van der Waals surface area contributed by atoms with Gasteiger partial charge in [-0.15, -0.1) is 0 Å². The lowest BCUT2D eigenvalue weighted by atomic mass is 10.1. The molecule has 0 atom stereocenters. The Bertz CT molecular complexity index is 1380. The summed E-state index contributed by atoms with van der Waals surface area (Å²) in [7, 11) is -3.87. The van der Waals surface area contributed by atoms with Crippen LogP contribution in [0.15, 0.2) is 84.9 Å². The van der Waals surface area contributed by atoms with Crippen molar-refractivity contribution in [2.24, 2.45) is 0 Å².